The molecule has 1 heterocycles. The third-order valence-electron chi connectivity index (χ3n) is 3.52. The first-order chi connectivity index (χ1) is 12.7. The molecule has 0 bridgehead atoms. The minimum atomic E-state index is -0.334. The number of anilines is 3. The van der Waals surface area contributed by atoms with Gasteiger partial charge in [0.1, 0.15) is 11.6 Å². The monoisotopic (exact) mass is 347 g/mol. The fourth-order valence-electron chi connectivity index (χ4n) is 2.24. The first-order valence-electron chi connectivity index (χ1n) is 7.95. The number of rotatable bonds is 5. The Balaban J connectivity index is 1.80. The lowest BCUT2D eigenvalue weighted by atomic mass is 10.2. The molecule has 3 rings (SSSR count). The van der Waals surface area contributed by atoms with Crippen LogP contribution in [0.2, 0.25) is 0 Å². The summed E-state index contributed by atoms with van der Waals surface area (Å²) in [5.74, 6) is 0.202. The number of carbonyl (C=O) groups excluding carboxylic acids is 2. The summed E-state index contributed by atoms with van der Waals surface area (Å²) in [7, 11) is 1.69. The minimum Gasteiger partial charge on any atom is -0.373 e. The van der Waals surface area contributed by atoms with Crippen molar-refractivity contribution >= 4 is 29.4 Å². The van der Waals surface area contributed by atoms with E-state index < -0.39 is 0 Å². The summed E-state index contributed by atoms with van der Waals surface area (Å²) in [6, 6.07) is 19.1. The van der Waals surface area contributed by atoms with Gasteiger partial charge in [0.15, 0.2) is 0 Å². The zero-order valence-electron chi connectivity index (χ0n) is 14.1. The van der Waals surface area contributed by atoms with Crippen LogP contribution in [-0.4, -0.2) is 28.8 Å². The number of hydrogen-bond donors (Lipinski definition) is 3. The third kappa shape index (κ3) is 4.21. The summed E-state index contributed by atoms with van der Waals surface area (Å²) < 4.78 is 0. The Morgan fingerprint density at radius 1 is 0.731 bits per heavy atom. The van der Waals surface area contributed by atoms with Gasteiger partial charge in [0.2, 0.25) is 5.95 Å². The largest absolute Gasteiger partial charge is 0.373 e. The second kappa shape index (κ2) is 7.89. The number of nitrogens with zero attached hydrogens (tertiary/aromatic N) is 2. The molecule has 0 radical (unpaired) electrons. The SMILES string of the molecule is CNc1cc(NC(=O)c2ccccc2)nc(NC(=O)c2ccccc2)n1. The van der Waals surface area contributed by atoms with Crippen LogP contribution < -0.4 is 16.0 Å². The molecule has 0 saturated heterocycles. The fraction of sp³-hybridized carbons (Fsp3) is 0.0526. The molecule has 7 nitrogen and oxygen atoms in total. The van der Waals surface area contributed by atoms with E-state index in [-0.39, 0.29) is 23.6 Å². The Bertz CT molecular complexity index is 842. The number of nitrogens with one attached hydrogen (secondary N) is 3. The van der Waals surface area contributed by atoms with E-state index in [0.29, 0.717) is 16.9 Å². The molecule has 0 aliphatic heterocycles. The normalized spacial score (nSPS) is 10.0. The van der Waals surface area contributed by atoms with Gasteiger partial charge in [0, 0.05) is 24.2 Å². The number of carbonyl (C=O) groups is 2. The van der Waals surface area contributed by atoms with E-state index in [4.69, 9.17) is 0 Å². The Morgan fingerprint density at radius 3 is 1.77 bits per heavy atom. The molecule has 2 amide bonds. The Labute approximate surface area is 150 Å². The summed E-state index contributed by atoms with van der Waals surface area (Å²) in [6.07, 6.45) is 0. The van der Waals surface area contributed by atoms with Crippen LogP contribution in [0.25, 0.3) is 0 Å². The summed E-state index contributed by atoms with van der Waals surface area (Å²) in [4.78, 5) is 32.9. The molecular formula is C19H17N5O2. The van der Waals surface area contributed by atoms with Crippen LogP contribution in [0.5, 0.6) is 0 Å². The van der Waals surface area contributed by atoms with Crippen LogP contribution in [0, 0.1) is 0 Å². The van der Waals surface area contributed by atoms with Crippen LogP contribution in [0.1, 0.15) is 20.7 Å². The van der Waals surface area contributed by atoms with E-state index in [1.807, 2.05) is 12.1 Å². The zero-order chi connectivity index (χ0) is 18.4. The van der Waals surface area contributed by atoms with Gasteiger partial charge in [-0.1, -0.05) is 36.4 Å². The molecule has 0 atom stereocenters. The zero-order valence-corrected chi connectivity index (χ0v) is 14.1. The molecule has 3 aromatic rings. The van der Waals surface area contributed by atoms with Crippen molar-refractivity contribution in [1.82, 2.24) is 9.97 Å². The lowest BCUT2D eigenvalue weighted by molar-refractivity contribution is 0.101. The predicted molar refractivity (Wildman–Crippen MR) is 100 cm³/mol. The second-order valence-electron chi connectivity index (χ2n) is 5.35. The van der Waals surface area contributed by atoms with Gasteiger partial charge in [-0.3, -0.25) is 14.9 Å². The number of amides is 2. The molecule has 0 spiro atoms. The molecule has 0 aliphatic carbocycles. The average molecular weight is 347 g/mol. The van der Waals surface area contributed by atoms with E-state index in [1.165, 1.54) is 0 Å². The molecule has 3 N–H and O–H groups in total. The molecule has 0 unspecified atom stereocenters. The van der Waals surface area contributed by atoms with Crippen LogP contribution in [0.4, 0.5) is 17.6 Å². The van der Waals surface area contributed by atoms with Crippen molar-refractivity contribution < 1.29 is 9.59 Å². The minimum absolute atomic E-state index is 0.0917. The molecule has 1 aromatic heterocycles. The quantitative estimate of drug-likeness (QED) is 0.659. The molecule has 0 saturated carbocycles. The van der Waals surface area contributed by atoms with E-state index in [9.17, 15) is 9.59 Å². The van der Waals surface area contributed by atoms with Gasteiger partial charge in [0.05, 0.1) is 0 Å². The van der Waals surface area contributed by atoms with E-state index in [2.05, 4.69) is 25.9 Å². The maximum atomic E-state index is 12.3. The highest BCUT2D eigenvalue weighted by Gasteiger charge is 2.12. The highest BCUT2D eigenvalue weighted by molar-refractivity contribution is 6.05. The number of benzene rings is 2. The van der Waals surface area contributed by atoms with Gasteiger partial charge in [-0.2, -0.15) is 9.97 Å². The summed E-state index contributed by atoms with van der Waals surface area (Å²) in [6.45, 7) is 0. The highest BCUT2D eigenvalue weighted by atomic mass is 16.2. The topological polar surface area (TPSA) is 96.0 Å². The predicted octanol–water partition coefficient (Wildman–Crippen LogP) is 3.02. The number of hydrogen-bond acceptors (Lipinski definition) is 5. The van der Waals surface area contributed by atoms with Gasteiger partial charge in [0.25, 0.3) is 11.8 Å². The van der Waals surface area contributed by atoms with Crippen molar-refractivity contribution in [2.75, 3.05) is 23.0 Å². The fourth-order valence-corrected chi connectivity index (χ4v) is 2.24. The first kappa shape index (κ1) is 17.1. The molecule has 0 fully saturated rings. The standard InChI is InChI=1S/C19H17N5O2/c1-20-15-12-16(21-17(25)13-8-4-2-5-9-13)23-19(22-15)24-18(26)14-10-6-3-7-11-14/h2-12H,1H3,(H3,20,21,22,23,24,25,26). The molecule has 130 valence electrons. The van der Waals surface area contributed by atoms with E-state index in [0.717, 1.165) is 0 Å². The van der Waals surface area contributed by atoms with Crippen molar-refractivity contribution in [1.29, 1.82) is 0 Å². The Hall–Kier alpha value is -3.74. The lowest BCUT2D eigenvalue weighted by Gasteiger charge is -2.10. The maximum Gasteiger partial charge on any atom is 0.258 e. The van der Waals surface area contributed by atoms with Crippen molar-refractivity contribution in [2.24, 2.45) is 0 Å². The van der Waals surface area contributed by atoms with Crippen molar-refractivity contribution in [2.45, 2.75) is 0 Å². The molecule has 26 heavy (non-hydrogen) atoms. The van der Waals surface area contributed by atoms with Gasteiger partial charge in [-0.25, -0.2) is 0 Å². The summed E-state index contributed by atoms with van der Waals surface area (Å²) >= 11 is 0. The first-order valence-corrected chi connectivity index (χ1v) is 7.95. The summed E-state index contributed by atoms with van der Waals surface area (Å²) in [5.41, 5.74) is 0.993. The van der Waals surface area contributed by atoms with Crippen LogP contribution >= 0.6 is 0 Å². The van der Waals surface area contributed by atoms with E-state index >= 15 is 0 Å². The smallest absolute Gasteiger partial charge is 0.258 e. The number of aromatic nitrogens is 2. The van der Waals surface area contributed by atoms with Crippen molar-refractivity contribution in [3.63, 3.8) is 0 Å². The van der Waals surface area contributed by atoms with Gasteiger partial charge in [-0.15, -0.1) is 0 Å². The van der Waals surface area contributed by atoms with Gasteiger partial charge in [-0.05, 0) is 24.3 Å². The summed E-state index contributed by atoms with van der Waals surface area (Å²) in [5, 5.41) is 8.22. The lowest BCUT2D eigenvalue weighted by Crippen LogP contribution is -2.17. The van der Waals surface area contributed by atoms with Crippen molar-refractivity contribution in [3.05, 3.63) is 77.9 Å². The van der Waals surface area contributed by atoms with Crippen molar-refractivity contribution in [3.8, 4) is 0 Å². The Morgan fingerprint density at radius 2 is 1.23 bits per heavy atom. The molecule has 2 aromatic carbocycles. The van der Waals surface area contributed by atoms with Crippen LogP contribution in [0.15, 0.2) is 66.7 Å². The Kier molecular flexibility index (Phi) is 5.19. The molecule has 0 aliphatic rings. The van der Waals surface area contributed by atoms with Crippen LogP contribution in [0.3, 0.4) is 0 Å². The van der Waals surface area contributed by atoms with Crippen LogP contribution in [-0.2, 0) is 0 Å². The average Bonchev–Trinajstić information content (AvgIpc) is 2.69. The van der Waals surface area contributed by atoms with Gasteiger partial charge >= 0.3 is 0 Å². The maximum absolute atomic E-state index is 12.3. The molecular weight excluding hydrogens is 330 g/mol. The van der Waals surface area contributed by atoms with E-state index in [1.54, 1.807) is 61.6 Å². The molecule has 7 heteroatoms. The highest BCUT2D eigenvalue weighted by Crippen LogP contribution is 2.16. The second-order valence-corrected chi connectivity index (χ2v) is 5.35. The van der Waals surface area contributed by atoms with Gasteiger partial charge < -0.3 is 10.6 Å². The third-order valence-corrected chi connectivity index (χ3v) is 3.52.